The van der Waals surface area contributed by atoms with Crippen molar-refractivity contribution < 1.29 is 18.4 Å². The number of hydrogen-bond donors (Lipinski definition) is 0. The molecule has 0 fully saturated rings. The largest absolute Gasteiger partial charge is 0.461 e. The van der Waals surface area contributed by atoms with Crippen LogP contribution in [0.15, 0.2) is 74.8 Å². The van der Waals surface area contributed by atoms with Gasteiger partial charge in [0, 0.05) is 12.4 Å². The van der Waals surface area contributed by atoms with E-state index in [1.807, 2.05) is 13.0 Å². The molecule has 0 aliphatic heterocycles. The molecule has 26 heavy (non-hydrogen) atoms. The summed E-state index contributed by atoms with van der Waals surface area (Å²) in [5, 5.41) is 0.328. The fourth-order valence-electron chi connectivity index (χ4n) is 2.59. The molecular weight excluding hydrogens is 334 g/mol. The molecule has 4 aromatic rings. The molecular formula is C20H13NO5. The second-order valence-corrected chi connectivity index (χ2v) is 5.70. The smallest absolute Gasteiger partial charge is 0.345 e. The van der Waals surface area contributed by atoms with Crippen molar-refractivity contribution in [2.24, 2.45) is 0 Å². The SMILES string of the molecule is Cc1ccc2oc(-c3ccco3)c(OC(=O)c3cccnc3)c(=O)c2c1. The van der Waals surface area contributed by atoms with E-state index in [9.17, 15) is 9.59 Å². The Morgan fingerprint density at radius 2 is 2.04 bits per heavy atom. The number of furan rings is 1. The number of hydrogen-bond acceptors (Lipinski definition) is 6. The number of esters is 1. The Hall–Kier alpha value is -3.67. The first-order valence-corrected chi connectivity index (χ1v) is 7.87. The maximum atomic E-state index is 13.0. The highest BCUT2D eigenvalue weighted by molar-refractivity contribution is 5.92. The molecule has 3 heterocycles. The first-order chi connectivity index (χ1) is 12.6. The second kappa shape index (κ2) is 6.33. The lowest BCUT2D eigenvalue weighted by molar-refractivity contribution is 0.0730. The minimum Gasteiger partial charge on any atom is -0.461 e. The van der Waals surface area contributed by atoms with Crippen LogP contribution >= 0.6 is 0 Å². The zero-order chi connectivity index (χ0) is 18.1. The molecule has 1 aromatic carbocycles. The van der Waals surface area contributed by atoms with Gasteiger partial charge in [-0.1, -0.05) is 11.6 Å². The summed E-state index contributed by atoms with van der Waals surface area (Å²) in [7, 11) is 0. The third-order valence-electron chi connectivity index (χ3n) is 3.84. The van der Waals surface area contributed by atoms with Crippen LogP contribution in [0.5, 0.6) is 5.75 Å². The van der Waals surface area contributed by atoms with Gasteiger partial charge in [0.05, 0.1) is 17.2 Å². The highest BCUT2D eigenvalue weighted by Crippen LogP contribution is 2.31. The van der Waals surface area contributed by atoms with Crippen molar-refractivity contribution >= 4 is 16.9 Å². The first-order valence-electron chi connectivity index (χ1n) is 7.87. The fourth-order valence-corrected chi connectivity index (χ4v) is 2.59. The maximum Gasteiger partial charge on any atom is 0.345 e. The van der Waals surface area contributed by atoms with E-state index in [0.29, 0.717) is 16.7 Å². The van der Waals surface area contributed by atoms with Gasteiger partial charge in [0.2, 0.25) is 16.9 Å². The number of rotatable bonds is 3. The van der Waals surface area contributed by atoms with E-state index in [1.165, 1.54) is 18.7 Å². The van der Waals surface area contributed by atoms with E-state index < -0.39 is 11.4 Å². The summed E-state index contributed by atoms with van der Waals surface area (Å²) in [5.74, 6) is -0.565. The number of nitrogens with zero attached hydrogens (tertiary/aromatic N) is 1. The van der Waals surface area contributed by atoms with Crippen molar-refractivity contribution in [2.45, 2.75) is 6.92 Å². The van der Waals surface area contributed by atoms with Crippen molar-refractivity contribution in [3.8, 4) is 17.3 Å². The molecule has 6 heteroatoms. The quantitative estimate of drug-likeness (QED) is 0.521. The molecule has 128 valence electrons. The number of carbonyl (C=O) groups excluding carboxylic acids is 1. The lowest BCUT2D eigenvalue weighted by Crippen LogP contribution is -2.16. The number of carbonyl (C=O) groups is 1. The van der Waals surface area contributed by atoms with Gasteiger partial charge in [-0.3, -0.25) is 9.78 Å². The first kappa shape index (κ1) is 15.8. The lowest BCUT2D eigenvalue weighted by atomic mass is 10.1. The van der Waals surface area contributed by atoms with E-state index >= 15 is 0 Å². The van der Waals surface area contributed by atoms with E-state index in [2.05, 4.69) is 4.98 Å². The highest BCUT2D eigenvalue weighted by atomic mass is 16.5. The molecule has 0 unspecified atom stereocenters. The van der Waals surface area contributed by atoms with Crippen molar-refractivity contribution in [1.82, 2.24) is 4.98 Å². The lowest BCUT2D eigenvalue weighted by Gasteiger charge is -2.09. The molecule has 0 spiro atoms. The van der Waals surface area contributed by atoms with Crippen LogP contribution in [0.2, 0.25) is 0 Å². The number of aryl methyl sites for hydroxylation is 1. The van der Waals surface area contributed by atoms with Gasteiger partial charge in [-0.15, -0.1) is 0 Å². The van der Waals surface area contributed by atoms with E-state index in [0.717, 1.165) is 5.56 Å². The standard InChI is InChI=1S/C20H13NO5/c1-12-6-7-15-14(10-12)17(22)19(18(25-15)16-5-3-9-24-16)26-20(23)13-4-2-8-21-11-13/h2-11H,1H3. The van der Waals surface area contributed by atoms with Crippen LogP contribution in [0, 0.1) is 6.92 Å². The average Bonchev–Trinajstić information content (AvgIpc) is 3.19. The summed E-state index contributed by atoms with van der Waals surface area (Å²) >= 11 is 0. The zero-order valence-electron chi connectivity index (χ0n) is 13.8. The highest BCUT2D eigenvalue weighted by Gasteiger charge is 2.23. The normalized spacial score (nSPS) is 10.8. The molecule has 0 aliphatic rings. The van der Waals surface area contributed by atoms with Crippen molar-refractivity contribution in [3.05, 3.63) is 82.5 Å². The van der Waals surface area contributed by atoms with Crippen molar-refractivity contribution in [3.63, 3.8) is 0 Å². The van der Waals surface area contributed by atoms with Gasteiger partial charge in [0.25, 0.3) is 0 Å². The summed E-state index contributed by atoms with van der Waals surface area (Å²) in [6, 6.07) is 11.7. The van der Waals surface area contributed by atoms with Crippen LogP contribution < -0.4 is 10.2 Å². The van der Waals surface area contributed by atoms with Crippen LogP contribution in [0.4, 0.5) is 0 Å². The summed E-state index contributed by atoms with van der Waals surface area (Å²) in [6.45, 7) is 1.86. The fraction of sp³-hybridized carbons (Fsp3) is 0.0500. The predicted molar refractivity (Wildman–Crippen MR) is 94.1 cm³/mol. The number of pyridine rings is 1. The molecule has 4 rings (SSSR count). The molecule has 0 amide bonds. The van der Waals surface area contributed by atoms with Crippen molar-refractivity contribution in [1.29, 1.82) is 0 Å². The summed E-state index contributed by atoms with van der Waals surface area (Å²) in [5.41, 5.74) is 1.05. The minimum atomic E-state index is -0.704. The molecule has 0 N–H and O–H groups in total. The topological polar surface area (TPSA) is 82.5 Å². The summed E-state index contributed by atoms with van der Waals surface area (Å²) in [4.78, 5) is 29.3. The van der Waals surface area contributed by atoms with E-state index in [1.54, 1.807) is 36.4 Å². The van der Waals surface area contributed by atoms with Crippen LogP contribution in [0.1, 0.15) is 15.9 Å². The molecule has 0 aliphatic carbocycles. The monoisotopic (exact) mass is 347 g/mol. The average molecular weight is 347 g/mol. The van der Waals surface area contributed by atoms with Gasteiger partial charge >= 0.3 is 5.97 Å². The Labute approximate surface area is 147 Å². The van der Waals surface area contributed by atoms with Crippen LogP contribution in [0.25, 0.3) is 22.5 Å². The molecule has 0 saturated heterocycles. The molecule has 0 bridgehead atoms. The van der Waals surface area contributed by atoms with E-state index in [-0.39, 0.29) is 17.1 Å². The molecule has 0 saturated carbocycles. The van der Waals surface area contributed by atoms with Gasteiger partial charge in [-0.2, -0.15) is 0 Å². The summed E-state index contributed by atoms with van der Waals surface area (Å²) < 4.78 is 16.6. The number of fused-ring (bicyclic) bond motifs is 1. The van der Waals surface area contributed by atoms with Gasteiger partial charge in [-0.25, -0.2) is 4.79 Å². The molecule has 0 atom stereocenters. The molecule has 3 aromatic heterocycles. The minimum absolute atomic E-state index is 0.0635. The van der Waals surface area contributed by atoms with Crippen LogP contribution in [0.3, 0.4) is 0 Å². The van der Waals surface area contributed by atoms with Gasteiger partial charge in [-0.05, 0) is 43.3 Å². The Bertz CT molecular complexity index is 1140. The Kier molecular flexibility index (Phi) is 3.85. The van der Waals surface area contributed by atoms with Crippen molar-refractivity contribution in [2.75, 3.05) is 0 Å². The summed E-state index contributed by atoms with van der Waals surface area (Å²) in [6.07, 6.45) is 4.35. The van der Waals surface area contributed by atoms with E-state index in [4.69, 9.17) is 13.6 Å². The number of aromatic nitrogens is 1. The maximum absolute atomic E-state index is 13.0. The zero-order valence-corrected chi connectivity index (χ0v) is 13.8. The molecule has 0 radical (unpaired) electrons. The second-order valence-electron chi connectivity index (χ2n) is 5.70. The Balaban J connectivity index is 1.91. The van der Waals surface area contributed by atoms with Crippen LogP contribution in [-0.2, 0) is 0 Å². The van der Waals surface area contributed by atoms with Crippen LogP contribution in [-0.4, -0.2) is 11.0 Å². The third-order valence-corrected chi connectivity index (χ3v) is 3.84. The van der Waals surface area contributed by atoms with Gasteiger partial charge < -0.3 is 13.6 Å². The number of benzene rings is 1. The third kappa shape index (κ3) is 2.77. The molecule has 6 nitrogen and oxygen atoms in total. The van der Waals surface area contributed by atoms with Gasteiger partial charge in [0.1, 0.15) is 5.58 Å². The number of ether oxygens (including phenoxy) is 1. The van der Waals surface area contributed by atoms with Gasteiger partial charge in [0.15, 0.2) is 5.76 Å². The Morgan fingerprint density at radius 1 is 1.15 bits per heavy atom. The Morgan fingerprint density at radius 3 is 2.77 bits per heavy atom. The predicted octanol–water partition coefficient (Wildman–Crippen LogP) is 3.98.